The van der Waals surface area contributed by atoms with Gasteiger partial charge in [-0.15, -0.1) is 0 Å². The molecule has 0 spiro atoms. The van der Waals surface area contributed by atoms with Gasteiger partial charge in [-0.05, 0) is 48.4 Å². The minimum atomic E-state index is -4.04. The van der Waals surface area contributed by atoms with Gasteiger partial charge in [0.1, 0.15) is 6.04 Å². The normalized spacial score (nSPS) is 12.6. The van der Waals surface area contributed by atoms with Crippen LogP contribution in [0.5, 0.6) is 0 Å². The summed E-state index contributed by atoms with van der Waals surface area (Å²) < 4.78 is 26.9. The van der Waals surface area contributed by atoms with Crippen LogP contribution in [-0.4, -0.2) is 31.4 Å². The van der Waals surface area contributed by atoms with Crippen molar-refractivity contribution in [2.24, 2.45) is 5.92 Å². The van der Waals surface area contributed by atoms with Crippen LogP contribution in [-0.2, 0) is 14.8 Å². The van der Waals surface area contributed by atoms with Crippen molar-refractivity contribution in [3.8, 4) is 0 Å². The van der Waals surface area contributed by atoms with Gasteiger partial charge in [0, 0.05) is 10.7 Å². The molecule has 2 rings (SSSR count). The summed E-state index contributed by atoms with van der Waals surface area (Å²) in [4.78, 5) is 23.4. The Balaban J connectivity index is 2.16. The van der Waals surface area contributed by atoms with E-state index in [2.05, 4.69) is 10.0 Å². The molecule has 10 heteroatoms. The first-order chi connectivity index (χ1) is 13.0. The number of rotatable bonds is 7. The van der Waals surface area contributed by atoms with Crippen molar-refractivity contribution in [1.82, 2.24) is 4.72 Å². The fourth-order valence-corrected chi connectivity index (χ4v) is 4.13. The SMILES string of the molecule is CC(C)[C@@H](NS(=O)(=O)c1ccc(NC(=O)c2ccc(Cl)cc2Cl)cc1)C(=O)O. The van der Waals surface area contributed by atoms with E-state index in [1.54, 1.807) is 13.8 Å². The Kier molecular flexibility index (Phi) is 7.06. The van der Waals surface area contributed by atoms with E-state index in [1.807, 2.05) is 0 Å². The minimum Gasteiger partial charge on any atom is -0.480 e. The van der Waals surface area contributed by atoms with E-state index >= 15 is 0 Å². The van der Waals surface area contributed by atoms with Crippen LogP contribution >= 0.6 is 23.2 Å². The second-order valence-electron chi connectivity index (χ2n) is 6.28. The molecule has 1 atom stereocenters. The molecule has 1 amide bonds. The Hall–Kier alpha value is -2.13. The van der Waals surface area contributed by atoms with Gasteiger partial charge in [0.2, 0.25) is 10.0 Å². The number of carbonyl (C=O) groups excluding carboxylic acids is 1. The average Bonchev–Trinajstić information content (AvgIpc) is 2.59. The summed E-state index contributed by atoms with van der Waals surface area (Å²) in [5.41, 5.74) is 0.555. The molecule has 0 saturated heterocycles. The molecule has 3 N–H and O–H groups in total. The van der Waals surface area contributed by atoms with Gasteiger partial charge in [-0.25, -0.2) is 8.42 Å². The summed E-state index contributed by atoms with van der Waals surface area (Å²) >= 11 is 11.8. The van der Waals surface area contributed by atoms with Crippen molar-refractivity contribution in [3.63, 3.8) is 0 Å². The van der Waals surface area contributed by atoms with Gasteiger partial charge in [-0.2, -0.15) is 4.72 Å². The number of aliphatic carboxylic acids is 1. The van der Waals surface area contributed by atoms with Crippen LogP contribution in [0.15, 0.2) is 47.4 Å². The van der Waals surface area contributed by atoms with Crippen LogP contribution in [0.3, 0.4) is 0 Å². The predicted octanol–water partition coefficient (Wildman–Crippen LogP) is 3.63. The number of carboxylic acid groups (broad SMARTS) is 1. The first-order valence-corrected chi connectivity index (χ1v) is 10.4. The number of carboxylic acids is 1. The summed E-state index contributed by atoms with van der Waals surface area (Å²) in [5, 5.41) is 12.3. The summed E-state index contributed by atoms with van der Waals surface area (Å²) in [5.74, 6) is -2.18. The zero-order chi connectivity index (χ0) is 21.1. The third kappa shape index (κ3) is 5.45. The number of benzene rings is 2. The zero-order valence-electron chi connectivity index (χ0n) is 14.9. The van der Waals surface area contributed by atoms with Gasteiger partial charge in [-0.1, -0.05) is 37.0 Å². The number of sulfonamides is 1. The quantitative estimate of drug-likeness (QED) is 0.603. The molecule has 0 bridgehead atoms. The predicted molar refractivity (Wildman–Crippen MR) is 107 cm³/mol. The van der Waals surface area contributed by atoms with Crippen LogP contribution in [0.1, 0.15) is 24.2 Å². The number of carbonyl (C=O) groups is 2. The molecule has 7 nitrogen and oxygen atoms in total. The van der Waals surface area contributed by atoms with Crippen LogP contribution in [0, 0.1) is 5.92 Å². The average molecular weight is 445 g/mol. The molecule has 0 unspecified atom stereocenters. The number of halogens is 2. The minimum absolute atomic E-state index is 0.123. The highest BCUT2D eigenvalue weighted by atomic mass is 35.5. The lowest BCUT2D eigenvalue weighted by Gasteiger charge is -2.18. The molecule has 150 valence electrons. The molecular formula is C18H18Cl2N2O5S. The first-order valence-electron chi connectivity index (χ1n) is 8.13. The van der Waals surface area contributed by atoms with Gasteiger partial charge in [0.15, 0.2) is 0 Å². The third-order valence-corrected chi connectivity index (χ3v) is 5.82. The molecule has 2 aromatic rings. The second-order valence-corrected chi connectivity index (χ2v) is 8.84. The first kappa shape index (κ1) is 22.2. The summed E-state index contributed by atoms with van der Waals surface area (Å²) in [7, 11) is -4.04. The maximum Gasteiger partial charge on any atom is 0.322 e. The molecule has 0 aliphatic rings. The Labute approximate surface area is 172 Å². The lowest BCUT2D eigenvalue weighted by molar-refractivity contribution is -0.140. The lowest BCUT2D eigenvalue weighted by atomic mass is 10.1. The lowest BCUT2D eigenvalue weighted by Crippen LogP contribution is -2.44. The molecule has 0 aromatic heterocycles. The van der Waals surface area contributed by atoms with Crippen molar-refractivity contribution >= 4 is 50.8 Å². The maximum absolute atomic E-state index is 12.4. The molecule has 0 aliphatic heterocycles. The number of amides is 1. The van der Waals surface area contributed by atoms with E-state index in [0.29, 0.717) is 10.7 Å². The third-order valence-electron chi connectivity index (χ3n) is 3.81. The maximum atomic E-state index is 12.4. The van der Waals surface area contributed by atoms with Crippen LogP contribution in [0.2, 0.25) is 10.0 Å². The Morgan fingerprint density at radius 3 is 2.14 bits per heavy atom. The fourth-order valence-electron chi connectivity index (χ4n) is 2.30. The molecule has 2 aromatic carbocycles. The van der Waals surface area contributed by atoms with Crippen molar-refractivity contribution in [1.29, 1.82) is 0 Å². The fraction of sp³-hybridized carbons (Fsp3) is 0.222. The van der Waals surface area contributed by atoms with Crippen molar-refractivity contribution in [3.05, 3.63) is 58.1 Å². The topological polar surface area (TPSA) is 113 Å². The summed E-state index contributed by atoms with van der Waals surface area (Å²) in [6.07, 6.45) is 0. The van der Waals surface area contributed by atoms with E-state index in [0.717, 1.165) is 0 Å². The molecular weight excluding hydrogens is 427 g/mol. The number of nitrogens with one attached hydrogen (secondary N) is 2. The van der Waals surface area contributed by atoms with Gasteiger partial charge >= 0.3 is 5.97 Å². The van der Waals surface area contributed by atoms with Crippen LogP contribution in [0.25, 0.3) is 0 Å². The molecule has 0 aliphatic carbocycles. The van der Waals surface area contributed by atoms with Gasteiger partial charge in [0.05, 0.1) is 15.5 Å². The molecule has 28 heavy (non-hydrogen) atoms. The summed E-state index contributed by atoms with van der Waals surface area (Å²) in [6, 6.07) is 8.49. The monoisotopic (exact) mass is 444 g/mol. The Morgan fingerprint density at radius 2 is 1.64 bits per heavy atom. The smallest absolute Gasteiger partial charge is 0.322 e. The zero-order valence-corrected chi connectivity index (χ0v) is 17.3. The number of anilines is 1. The van der Waals surface area contributed by atoms with E-state index < -0.39 is 33.9 Å². The Morgan fingerprint density at radius 1 is 1.04 bits per heavy atom. The highest BCUT2D eigenvalue weighted by Gasteiger charge is 2.28. The van der Waals surface area contributed by atoms with E-state index in [1.165, 1.54) is 42.5 Å². The Bertz CT molecular complexity index is 992. The van der Waals surface area contributed by atoms with Crippen molar-refractivity contribution in [2.75, 3.05) is 5.32 Å². The van der Waals surface area contributed by atoms with E-state index in [4.69, 9.17) is 28.3 Å². The molecule has 0 fully saturated rings. The second kappa shape index (κ2) is 8.91. The molecule has 0 saturated carbocycles. The van der Waals surface area contributed by atoms with E-state index in [9.17, 15) is 18.0 Å². The standard InChI is InChI=1S/C18H18Cl2N2O5S/c1-10(2)16(18(24)25)22-28(26,27)13-6-4-12(5-7-13)21-17(23)14-8-3-11(19)9-15(14)20/h3-10,16,22H,1-2H3,(H,21,23)(H,24,25)/t16-/m1/s1. The van der Waals surface area contributed by atoms with Crippen LogP contribution in [0.4, 0.5) is 5.69 Å². The number of hydrogen-bond donors (Lipinski definition) is 3. The van der Waals surface area contributed by atoms with Gasteiger partial charge in [0.25, 0.3) is 5.91 Å². The highest BCUT2D eigenvalue weighted by molar-refractivity contribution is 7.89. The largest absolute Gasteiger partial charge is 0.480 e. The molecule has 0 radical (unpaired) electrons. The van der Waals surface area contributed by atoms with Crippen LogP contribution < -0.4 is 10.0 Å². The van der Waals surface area contributed by atoms with Gasteiger partial charge < -0.3 is 10.4 Å². The highest BCUT2D eigenvalue weighted by Crippen LogP contribution is 2.22. The summed E-state index contributed by atoms with van der Waals surface area (Å²) in [6.45, 7) is 3.20. The molecule has 0 heterocycles. The van der Waals surface area contributed by atoms with Gasteiger partial charge in [-0.3, -0.25) is 9.59 Å². The van der Waals surface area contributed by atoms with Crippen molar-refractivity contribution in [2.45, 2.75) is 24.8 Å². The van der Waals surface area contributed by atoms with Crippen molar-refractivity contribution < 1.29 is 23.1 Å². The number of hydrogen-bond acceptors (Lipinski definition) is 4. The van der Waals surface area contributed by atoms with E-state index in [-0.39, 0.29) is 15.5 Å².